The second kappa shape index (κ2) is 16.2. The number of hydrogen-bond acceptors (Lipinski definition) is 7. The van der Waals surface area contributed by atoms with Gasteiger partial charge in [-0.2, -0.15) is 13.2 Å². The van der Waals surface area contributed by atoms with E-state index in [9.17, 15) is 28.2 Å². The molecule has 4 aromatic carbocycles. The molecule has 5 rings (SSSR count). The first-order valence-electron chi connectivity index (χ1n) is 15.4. The van der Waals surface area contributed by atoms with Crippen molar-refractivity contribution in [3.05, 3.63) is 132 Å². The molecule has 0 aliphatic heterocycles. The van der Waals surface area contributed by atoms with E-state index >= 15 is 0 Å². The summed E-state index contributed by atoms with van der Waals surface area (Å²) >= 11 is 0. The Morgan fingerprint density at radius 1 is 0.854 bits per heavy atom. The summed E-state index contributed by atoms with van der Waals surface area (Å²) in [6, 6.07) is 32.4. The van der Waals surface area contributed by atoms with Crippen LogP contribution in [0, 0.1) is 0 Å². The lowest BCUT2D eigenvalue weighted by Gasteiger charge is -2.32. The fourth-order valence-corrected chi connectivity index (χ4v) is 5.29. The average Bonchev–Trinajstić information content (AvgIpc) is 3.09. The number of amides is 1. The number of benzene rings is 4. The van der Waals surface area contributed by atoms with Crippen LogP contribution in [-0.4, -0.2) is 70.6 Å². The molecule has 1 amide bonds. The molecule has 2 atom stereocenters. The maximum Gasteiger partial charge on any atom is 0.405 e. The molecule has 3 N–H and O–H groups in total. The minimum atomic E-state index is -4.54. The first-order chi connectivity index (χ1) is 23.2. The van der Waals surface area contributed by atoms with E-state index in [1.807, 2.05) is 83.0 Å². The third kappa shape index (κ3) is 9.77. The summed E-state index contributed by atoms with van der Waals surface area (Å²) in [6.45, 7) is -0.697. The van der Waals surface area contributed by atoms with Crippen LogP contribution >= 0.6 is 0 Å². The lowest BCUT2D eigenvalue weighted by Crippen LogP contribution is -2.44. The number of aliphatic hydroxyl groups is 2. The molecule has 0 radical (unpaired) electrons. The van der Waals surface area contributed by atoms with Crippen molar-refractivity contribution in [2.45, 2.75) is 31.3 Å². The van der Waals surface area contributed by atoms with E-state index < -0.39 is 24.7 Å². The number of nitrogens with one attached hydrogen (secondary N) is 1. The summed E-state index contributed by atoms with van der Waals surface area (Å²) in [5.41, 5.74) is 2.19. The van der Waals surface area contributed by atoms with Gasteiger partial charge in [-0.15, -0.1) is 0 Å². The third-order valence-electron chi connectivity index (χ3n) is 7.63. The molecule has 0 spiro atoms. The van der Waals surface area contributed by atoms with E-state index in [4.69, 9.17) is 9.47 Å². The second-order valence-electron chi connectivity index (χ2n) is 11.3. The number of alkyl halides is 3. The zero-order valence-corrected chi connectivity index (χ0v) is 26.0. The van der Waals surface area contributed by atoms with Gasteiger partial charge in [0.15, 0.2) is 0 Å². The van der Waals surface area contributed by atoms with Crippen LogP contribution in [0.3, 0.4) is 0 Å². The lowest BCUT2D eigenvalue weighted by atomic mass is 10.0. The molecule has 0 saturated heterocycles. The van der Waals surface area contributed by atoms with E-state index in [0.29, 0.717) is 35.6 Å². The van der Waals surface area contributed by atoms with Crippen LogP contribution < -0.4 is 14.8 Å². The SMILES string of the molecule is O=C(NCC(F)(F)F)c1cccc2c(Oc3ccc(C[C@@H](CO)N(Cc4ccccc4)C[C@H](O)COc4ccccc4)cc3)ccnc12. The van der Waals surface area contributed by atoms with Crippen molar-refractivity contribution in [2.24, 2.45) is 0 Å². The van der Waals surface area contributed by atoms with Gasteiger partial charge in [0.25, 0.3) is 5.91 Å². The van der Waals surface area contributed by atoms with Crippen molar-refractivity contribution in [1.82, 2.24) is 15.2 Å². The highest BCUT2D eigenvalue weighted by molar-refractivity contribution is 6.06. The number of aromatic nitrogens is 1. The maximum absolute atomic E-state index is 12.7. The molecular weight excluding hydrogens is 623 g/mol. The standard InChI is InChI=1S/C37H36F3N3O5/c38-37(39,40)25-42-36(46)33-13-7-12-32-34(18-19-41-35(32)33)48-31-16-14-26(15-17-31)20-28(23-44)43(21-27-8-3-1-4-9-27)22-29(45)24-47-30-10-5-2-6-11-30/h1-19,28-29,44-45H,20-25H2,(H,42,46)/t28-,29-/m0/s1. The lowest BCUT2D eigenvalue weighted by molar-refractivity contribution is -0.123. The average molecular weight is 660 g/mol. The number of aliphatic hydroxyl groups excluding tert-OH is 2. The quantitative estimate of drug-likeness (QED) is 0.124. The zero-order valence-electron chi connectivity index (χ0n) is 26.0. The topological polar surface area (TPSA) is 104 Å². The molecule has 0 unspecified atom stereocenters. The van der Waals surface area contributed by atoms with Crippen LogP contribution in [0.4, 0.5) is 13.2 Å². The minimum Gasteiger partial charge on any atom is -0.491 e. The first-order valence-corrected chi connectivity index (χ1v) is 15.4. The van der Waals surface area contributed by atoms with Crippen molar-refractivity contribution in [3.8, 4) is 17.2 Å². The number of pyridine rings is 1. The van der Waals surface area contributed by atoms with Crippen molar-refractivity contribution >= 4 is 16.8 Å². The van der Waals surface area contributed by atoms with Crippen molar-refractivity contribution in [2.75, 3.05) is 26.3 Å². The van der Waals surface area contributed by atoms with Gasteiger partial charge in [0, 0.05) is 30.7 Å². The molecule has 1 aromatic heterocycles. The number of carbonyl (C=O) groups is 1. The number of halogens is 3. The smallest absolute Gasteiger partial charge is 0.405 e. The van der Waals surface area contributed by atoms with Gasteiger partial charge < -0.3 is 25.0 Å². The Kier molecular flexibility index (Phi) is 11.6. The Morgan fingerprint density at radius 3 is 2.25 bits per heavy atom. The molecule has 250 valence electrons. The number of ether oxygens (including phenoxy) is 2. The van der Waals surface area contributed by atoms with Gasteiger partial charge in [0.2, 0.25) is 0 Å². The van der Waals surface area contributed by atoms with Crippen LogP contribution in [0.25, 0.3) is 10.9 Å². The molecule has 0 saturated carbocycles. The summed E-state index contributed by atoms with van der Waals surface area (Å²) < 4.78 is 49.8. The van der Waals surface area contributed by atoms with Crippen molar-refractivity contribution in [1.29, 1.82) is 0 Å². The summed E-state index contributed by atoms with van der Waals surface area (Å²) in [5.74, 6) is 0.655. The van der Waals surface area contributed by atoms with Gasteiger partial charge >= 0.3 is 6.18 Å². The van der Waals surface area contributed by atoms with E-state index in [2.05, 4.69) is 4.98 Å². The minimum absolute atomic E-state index is 0.00407. The van der Waals surface area contributed by atoms with Crippen LogP contribution in [0.1, 0.15) is 21.5 Å². The fraction of sp³-hybridized carbons (Fsp3) is 0.243. The largest absolute Gasteiger partial charge is 0.491 e. The van der Waals surface area contributed by atoms with Crippen molar-refractivity contribution in [3.63, 3.8) is 0 Å². The number of carbonyl (C=O) groups excluding carboxylic acids is 1. The van der Waals surface area contributed by atoms with Gasteiger partial charge in [0.1, 0.15) is 36.5 Å². The number of nitrogens with zero attached hydrogens (tertiary/aromatic N) is 2. The van der Waals surface area contributed by atoms with E-state index in [1.54, 1.807) is 30.3 Å². The third-order valence-corrected chi connectivity index (χ3v) is 7.63. The first kappa shape index (κ1) is 34.4. The molecule has 5 aromatic rings. The maximum atomic E-state index is 12.7. The highest BCUT2D eigenvalue weighted by Crippen LogP contribution is 2.31. The van der Waals surface area contributed by atoms with Crippen LogP contribution in [0.2, 0.25) is 0 Å². The summed E-state index contributed by atoms with van der Waals surface area (Å²) in [5, 5.41) is 23.7. The Morgan fingerprint density at radius 2 is 1.56 bits per heavy atom. The predicted octanol–water partition coefficient (Wildman–Crippen LogP) is 6.16. The van der Waals surface area contributed by atoms with Crippen LogP contribution in [0.5, 0.6) is 17.2 Å². The molecule has 0 aliphatic rings. The second-order valence-corrected chi connectivity index (χ2v) is 11.3. The molecule has 0 bridgehead atoms. The van der Waals surface area contributed by atoms with Crippen molar-refractivity contribution < 1.29 is 37.7 Å². The monoisotopic (exact) mass is 659 g/mol. The highest BCUT2D eigenvalue weighted by atomic mass is 19.4. The number of hydrogen-bond donors (Lipinski definition) is 3. The van der Waals surface area contributed by atoms with Gasteiger partial charge in [-0.1, -0.05) is 66.7 Å². The van der Waals surface area contributed by atoms with Crippen LogP contribution in [0.15, 0.2) is 115 Å². The molecular formula is C37H36F3N3O5. The Balaban J connectivity index is 1.27. The van der Waals surface area contributed by atoms with Crippen LogP contribution in [-0.2, 0) is 13.0 Å². The van der Waals surface area contributed by atoms with Gasteiger partial charge in [-0.05, 0) is 60.0 Å². The molecule has 48 heavy (non-hydrogen) atoms. The summed E-state index contributed by atoms with van der Waals surface area (Å²) in [4.78, 5) is 18.8. The summed E-state index contributed by atoms with van der Waals surface area (Å²) in [6.07, 6.45) is -3.42. The zero-order chi connectivity index (χ0) is 33.9. The number of rotatable bonds is 15. The summed E-state index contributed by atoms with van der Waals surface area (Å²) in [7, 11) is 0. The van der Waals surface area contributed by atoms with Gasteiger partial charge in [-0.3, -0.25) is 14.7 Å². The molecule has 0 fully saturated rings. The van der Waals surface area contributed by atoms with E-state index in [0.717, 1.165) is 11.1 Å². The van der Waals surface area contributed by atoms with E-state index in [-0.39, 0.29) is 36.9 Å². The normalized spacial score (nSPS) is 12.9. The van der Waals surface area contributed by atoms with Gasteiger partial charge in [-0.25, -0.2) is 0 Å². The predicted molar refractivity (Wildman–Crippen MR) is 176 cm³/mol. The van der Waals surface area contributed by atoms with Gasteiger partial charge in [0.05, 0.1) is 17.7 Å². The Bertz CT molecular complexity index is 1760. The Hall–Kier alpha value is -4.97. The highest BCUT2D eigenvalue weighted by Gasteiger charge is 2.28. The van der Waals surface area contributed by atoms with E-state index in [1.165, 1.54) is 12.3 Å². The number of para-hydroxylation sites is 2. The number of fused-ring (bicyclic) bond motifs is 1. The molecule has 0 aliphatic carbocycles. The molecule has 1 heterocycles. The Labute approximate surface area is 276 Å². The fourth-order valence-electron chi connectivity index (χ4n) is 5.29. The molecule has 8 nitrogen and oxygen atoms in total. The molecule has 11 heteroatoms.